The molecule has 0 rings (SSSR count). The highest BCUT2D eigenvalue weighted by Gasteiger charge is 2.41. The van der Waals surface area contributed by atoms with E-state index in [1.165, 1.54) is 5.67 Å². The molecule has 1 nitrogen and oxygen atoms in total. The Hall–Kier alpha value is 0.611. The van der Waals surface area contributed by atoms with E-state index >= 15 is 0 Å². The fraction of sp³-hybridized carbons (Fsp3) is 1.00. The zero-order valence-corrected chi connectivity index (χ0v) is 13.6. The van der Waals surface area contributed by atoms with E-state index in [1.807, 2.05) is 7.11 Å². The van der Waals surface area contributed by atoms with Crippen LogP contribution >= 0.6 is 0 Å². The highest BCUT2D eigenvalue weighted by molar-refractivity contribution is 7.42. The molecule has 0 aromatic rings. The third-order valence-corrected chi connectivity index (χ3v) is 29.3. The molecule has 0 fully saturated rings. The molecule has 0 aliphatic heterocycles. The van der Waals surface area contributed by atoms with Crippen LogP contribution in [0.1, 0.15) is 0 Å². The second-order valence-electron chi connectivity index (χ2n) is 6.27. The molecule has 13 heavy (non-hydrogen) atoms. The molecule has 4 heteroatoms. The van der Waals surface area contributed by atoms with Crippen molar-refractivity contribution in [3.63, 3.8) is 0 Å². The van der Waals surface area contributed by atoms with Crippen molar-refractivity contribution < 1.29 is 4.43 Å². The molecule has 0 saturated heterocycles. The van der Waals surface area contributed by atoms with Gasteiger partial charge in [0.2, 0.25) is 0 Å². The zero-order valence-electron chi connectivity index (χ0n) is 10.6. The Bertz CT molecular complexity index is 170. The predicted octanol–water partition coefficient (Wildman–Crippen LogP) is 3.50. The van der Waals surface area contributed by atoms with Crippen LogP contribution in [0.3, 0.4) is 0 Å². The summed E-state index contributed by atoms with van der Waals surface area (Å²) in [6.07, 6.45) is 0. The van der Waals surface area contributed by atoms with E-state index in [2.05, 4.69) is 45.8 Å². The number of hydrogen-bond acceptors (Lipinski definition) is 1. The highest BCUT2D eigenvalue weighted by atomic mass is 29.3. The van der Waals surface area contributed by atoms with Crippen molar-refractivity contribution in [2.75, 3.05) is 7.11 Å². The quantitative estimate of drug-likeness (QED) is 0.677. The lowest BCUT2D eigenvalue weighted by atomic mass is 11.7. The molecule has 0 aromatic heterocycles. The van der Waals surface area contributed by atoms with Crippen LogP contribution in [-0.2, 0) is 4.43 Å². The van der Waals surface area contributed by atoms with E-state index in [1.54, 1.807) is 0 Å². The van der Waals surface area contributed by atoms with Crippen LogP contribution in [0, 0.1) is 0 Å². The molecule has 0 amide bonds. The molecule has 0 aliphatic carbocycles. The monoisotopic (exact) mass is 234 g/mol. The lowest BCUT2D eigenvalue weighted by molar-refractivity contribution is 0.408. The number of rotatable bonds is 4. The zero-order chi connectivity index (χ0) is 10.9. The lowest BCUT2D eigenvalue weighted by Crippen LogP contribution is -2.57. The summed E-state index contributed by atoms with van der Waals surface area (Å²) in [4.78, 5) is 0. The summed E-state index contributed by atoms with van der Waals surface area (Å²) in [5.74, 6) is 0. The van der Waals surface area contributed by atoms with Crippen molar-refractivity contribution >= 4 is 23.5 Å². The maximum absolute atomic E-state index is 5.66. The molecule has 0 aliphatic rings. The second kappa shape index (κ2) is 4.00. The van der Waals surface area contributed by atoms with Crippen molar-refractivity contribution in [3.05, 3.63) is 0 Å². The predicted molar refractivity (Wildman–Crippen MR) is 70.1 cm³/mol. The summed E-state index contributed by atoms with van der Waals surface area (Å²) in [5.41, 5.74) is 1.42. The SMILES string of the molecule is CO[Si](C)(C)C[Si](C)(C)[Si](C)(C)C. The standard InChI is InChI=1S/C9H26OSi3/c1-10-12(5,6)9-13(7,8)11(2,3)4/h9H2,1-8H3. The second-order valence-corrected chi connectivity index (χ2v) is 28.4. The average Bonchev–Trinajstić information content (AvgIpc) is 1.83. The fourth-order valence-electron chi connectivity index (χ4n) is 1.40. The summed E-state index contributed by atoms with van der Waals surface area (Å²) < 4.78 is 5.66. The van der Waals surface area contributed by atoms with Gasteiger partial charge in [0.05, 0.1) is 0 Å². The molecule has 0 saturated carbocycles. The summed E-state index contributed by atoms with van der Waals surface area (Å²) in [6, 6.07) is 0. The minimum Gasteiger partial charge on any atom is -0.421 e. The van der Waals surface area contributed by atoms with Crippen molar-refractivity contribution in [1.29, 1.82) is 0 Å². The van der Waals surface area contributed by atoms with Gasteiger partial charge in [-0.25, -0.2) is 0 Å². The molecule has 0 bridgehead atoms. The Balaban J connectivity index is 4.52. The van der Waals surface area contributed by atoms with E-state index in [0.717, 1.165) is 0 Å². The summed E-state index contributed by atoms with van der Waals surface area (Å²) >= 11 is 0. The van der Waals surface area contributed by atoms with Crippen LogP contribution in [0.4, 0.5) is 0 Å². The minimum atomic E-state index is -1.33. The first kappa shape index (κ1) is 13.6. The summed E-state index contributed by atoms with van der Waals surface area (Å²) in [6.45, 7) is 17.3. The minimum absolute atomic E-state index is 0.917. The van der Waals surface area contributed by atoms with E-state index in [0.29, 0.717) is 0 Å². The van der Waals surface area contributed by atoms with Crippen molar-refractivity contribution in [2.24, 2.45) is 0 Å². The van der Waals surface area contributed by atoms with E-state index in [-0.39, 0.29) is 0 Å². The van der Waals surface area contributed by atoms with Gasteiger partial charge in [0.25, 0.3) is 0 Å². The number of hydrogen-bond donors (Lipinski definition) is 0. The Labute approximate surface area is 86.8 Å². The molecule has 0 atom stereocenters. The third-order valence-electron chi connectivity index (χ3n) is 3.45. The van der Waals surface area contributed by atoms with E-state index < -0.39 is 23.5 Å². The smallest absolute Gasteiger partial charge is 0.183 e. The Morgan fingerprint density at radius 2 is 1.23 bits per heavy atom. The van der Waals surface area contributed by atoms with Gasteiger partial charge in [-0.3, -0.25) is 0 Å². The van der Waals surface area contributed by atoms with Crippen LogP contribution in [0.25, 0.3) is 0 Å². The summed E-state index contributed by atoms with van der Waals surface area (Å²) in [7, 11) is -1.34. The normalized spacial score (nSPS) is 14.8. The first-order valence-electron chi connectivity index (χ1n) is 5.07. The van der Waals surface area contributed by atoms with Crippen LogP contribution in [0.2, 0.25) is 51.5 Å². The van der Waals surface area contributed by atoms with Crippen LogP contribution < -0.4 is 0 Å². The topological polar surface area (TPSA) is 9.23 Å². The molecule has 0 heterocycles. The van der Waals surface area contributed by atoms with Gasteiger partial charge in [0.1, 0.15) is 0 Å². The van der Waals surface area contributed by atoms with Gasteiger partial charge in [-0.1, -0.05) is 32.7 Å². The van der Waals surface area contributed by atoms with Gasteiger partial charge in [0.15, 0.2) is 8.32 Å². The van der Waals surface area contributed by atoms with E-state index in [4.69, 9.17) is 4.43 Å². The molecular weight excluding hydrogens is 208 g/mol. The van der Waals surface area contributed by atoms with Gasteiger partial charge in [-0.2, -0.15) is 0 Å². The van der Waals surface area contributed by atoms with Gasteiger partial charge in [0, 0.05) is 22.3 Å². The fourth-order valence-corrected chi connectivity index (χ4v) is 21.2. The maximum atomic E-state index is 5.66. The average molecular weight is 235 g/mol. The Kier molecular flexibility index (Phi) is 4.19. The van der Waals surface area contributed by atoms with Crippen LogP contribution in [0.15, 0.2) is 0 Å². The van der Waals surface area contributed by atoms with Crippen LogP contribution in [-0.4, -0.2) is 30.6 Å². The molecule has 0 aromatic carbocycles. The largest absolute Gasteiger partial charge is 0.421 e. The van der Waals surface area contributed by atoms with Gasteiger partial charge >= 0.3 is 0 Å². The van der Waals surface area contributed by atoms with E-state index in [9.17, 15) is 0 Å². The van der Waals surface area contributed by atoms with Crippen molar-refractivity contribution in [3.8, 4) is 0 Å². The Morgan fingerprint density at radius 3 is 1.46 bits per heavy atom. The third kappa shape index (κ3) is 4.10. The maximum Gasteiger partial charge on any atom is 0.183 e. The molecule has 0 unspecified atom stereocenters. The first-order valence-corrected chi connectivity index (χ1v) is 15.9. The van der Waals surface area contributed by atoms with Gasteiger partial charge in [-0.15, -0.1) is 0 Å². The lowest BCUT2D eigenvalue weighted by Gasteiger charge is -2.39. The highest BCUT2D eigenvalue weighted by Crippen LogP contribution is 2.28. The summed E-state index contributed by atoms with van der Waals surface area (Å²) in [5, 5.41) is 0. The molecule has 0 spiro atoms. The Morgan fingerprint density at radius 1 is 0.846 bits per heavy atom. The van der Waals surface area contributed by atoms with Gasteiger partial charge < -0.3 is 4.43 Å². The van der Waals surface area contributed by atoms with Gasteiger partial charge in [-0.05, 0) is 18.8 Å². The molecule has 0 N–H and O–H groups in total. The molecule has 0 radical (unpaired) electrons. The van der Waals surface area contributed by atoms with Crippen LogP contribution in [0.5, 0.6) is 0 Å². The van der Waals surface area contributed by atoms with Crippen molar-refractivity contribution in [1.82, 2.24) is 0 Å². The molecule has 80 valence electrons. The van der Waals surface area contributed by atoms with Crippen molar-refractivity contribution in [2.45, 2.75) is 51.5 Å². The molecular formula is C9H26OSi3. The first-order chi connectivity index (χ1) is 5.52.